The van der Waals surface area contributed by atoms with Crippen molar-refractivity contribution < 1.29 is 13.2 Å². The van der Waals surface area contributed by atoms with Crippen molar-refractivity contribution in [3.63, 3.8) is 0 Å². The minimum absolute atomic E-state index is 0. The monoisotopic (exact) mass is 267 g/mol. The van der Waals surface area contributed by atoms with Gasteiger partial charge >= 0.3 is 6.18 Å². The molecule has 0 aliphatic heterocycles. The molecule has 0 radical (unpaired) electrons. The number of hydrogen-bond donors (Lipinski definition) is 1. The van der Waals surface area contributed by atoms with Crippen LogP contribution in [0.2, 0.25) is 0 Å². The molecule has 17 heavy (non-hydrogen) atoms. The lowest BCUT2D eigenvalue weighted by Gasteiger charge is -2.16. The highest BCUT2D eigenvalue weighted by atomic mass is 35.5. The zero-order valence-electron chi connectivity index (χ0n) is 9.79. The Hall–Kier alpha value is -0.740. The summed E-state index contributed by atoms with van der Waals surface area (Å²) in [7, 11) is 0. The lowest BCUT2D eigenvalue weighted by molar-refractivity contribution is -0.138. The van der Waals surface area contributed by atoms with Crippen LogP contribution in [-0.2, 0) is 0 Å². The van der Waals surface area contributed by atoms with E-state index in [4.69, 9.17) is 5.73 Å². The topological polar surface area (TPSA) is 26.0 Å². The summed E-state index contributed by atoms with van der Waals surface area (Å²) in [5.74, 6) is 0.290. The second-order valence-electron chi connectivity index (χ2n) is 4.25. The molecular weight excluding hydrogens is 251 g/mol. The molecule has 0 heterocycles. The zero-order valence-corrected chi connectivity index (χ0v) is 10.6. The van der Waals surface area contributed by atoms with Crippen molar-refractivity contribution in [3.8, 4) is 0 Å². The minimum atomic E-state index is -4.22. The van der Waals surface area contributed by atoms with Crippen LogP contribution in [0.5, 0.6) is 0 Å². The van der Waals surface area contributed by atoms with Crippen molar-refractivity contribution in [1.82, 2.24) is 0 Å². The van der Waals surface area contributed by atoms with Gasteiger partial charge in [-0.1, -0.05) is 38.1 Å². The van der Waals surface area contributed by atoms with E-state index in [1.54, 1.807) is 18.2 Å². The van der Waals surface area contributed by atoms with E-state index < -0.39 is 18.6 Å². The Morgan fingerprint density at radius 2 is 1.71 bits per heavy atom. The molecule has 0 saturated heterocycles. The first-order valence-corrected chi connectivity index (χ1v) is 5.22. The van der Waals surface area contributed by atoms with Gasteiger partial charge in [-0.15, -0.1) is 12.4 Å². The summed E-state index contributed by atoms with van der Waals surface area (Å²) >= 11 is 0. The molecule has 0 aliphatic carbocycles. The maximum Gasteiger partial charge on any atom is 0.390 e. The molecule has 5 heteroatoms. The van der Waals surface area contributed by atoms with Gasteiger partial charge in [0.1, 0.15) is 0 Å². The van der Waals surface area contributed by atoms with Crippen LogP contribution in [0.15, 0.2) is 24.3 Å². The van der Waals surface area contributed by atoms with Gasteiger partial charge in [-0.3, -0.25) is 0 Å². The third kappa shape index (κ3) is 5.41. The number of alkyl halides is 3. The second-order valence-corrected chi connectivity index (χ2v) is 4.25. The highest BCUT2D eigenvalue weighted by molar-refractivity contribution is 5.85. The molecule has 1 nitrogen and oxygen atoms in total. The van der Waals surface area contributed by atoms with Gasteiger partial charge in [0.2, 0.25) is 0 Å². The van der Waals surface area contributed by atoms with Crippen molar-refractivity contribution in [2.75, 3.05) is 0 Å². The molecule has 0 amide bonds. The molecule has 0 aromatic heterocycles. The number of nitrogens with two attached hydrogens (primary N) is 1. The molecule has 0 bridgehead atoms. The van der Waals surface area contributed by atoms with Gasteiger partial charge < -0.3 is 5.73 Å². The Bertz CT molecular complexity index is 350. The fourth-order valence-electron chi connectivity index (χ4n) is 1.52. The highest BCUT2D eigenvalue weighted by Gasteiger charge is 2.30. The van der Waals surface area contributed by atoms with E-state index in [9.17, 15) is 13.2 Å². The van der Waals surface area contributed by atoms with Crippen molar-refractivity contribution in [1.29, 1.82) is 0 Å². The molecule has 0 spiro atoms. The summed E-state index contributed by atoms with van der Waals surface area (Å²) in [5.41, 5.74) is 7.08. The van der Waals surface area contributed by atoms with Crippen molar-refractivity contribution >= 4 is 12.4 Å². The van der Waals surface area contributed by atoms with Gasteiger partial charge in [0.05, 0.1) is 6.42 Å². The lowest BCUT2D eigenvalue weighted by Crippen LogP contribution is -2.20. The maximum atomic E-state index is 12.2. The van der Waals surface area contributed by atoms with E-state index in [2.05, 4.69) is 0 Å². The summed E-state index contributed by atoms with van der Waals surface area (Å²) in [6.07, 6.45) is -5.19. The first-order chi connectivity index (χ1) is 7.29. The van der Waals surface area contributed by atoms with Gasteiger partial charge in [-0.05, 0) is 17.0 Å². The standard InChI is InChI=1S/C12H16F3N.ClH/c1-8(2)9-4-3-5-10(6-9)11(16)7-12(13,14)15;/h3-6,8,11H,7,16H2,1-2H3;1H/t11-;/m0./s1. The summed E-state index contributed by atoms with van der Waals surface area (Å²) in [4.78, 5) is 0. The fourth-order valence-corrected chi connectivity index (χ4v) is 1.52. The van der Waals surface area contributed by atoms with Gasteiger partial charge in [-0.2, -0.15) is 13.2 Å². The smallest absolute Gasteiger partial charge is 0.324 e. The number of rotatable bonds is 3. The van der Waals surface area contributed by atoms with Gasteiger partial charge in [0, 0.05) is 6.04 Å². The van der Waals surface area contributed by atoms with Crippen LogP contribution in [0.25, 0.3) is 0 Å². The average Bonchev–Trinajstić information content (AvgIpc) is 2.15. The number of hydrogen-bond acceptors (Lipinski definition) is 1. The molecule has 0 fully saturated rings. The average molecular weight is 268 g/mol. The fraction of sp³-hybridized carbons (Fsp3) is 0.500. The van der Waals surface area contributed by atoms with Crippen LogP contribution < -0.4 is 5.73 Å². The van der Waals surface area contributed by atoms with Crippen molar-refractivity contribution in [3.05, 3.63) is 35.4 Å². The summed E-state index contributed by atoms with van der Waals surface area (Å²) < 4.78 is 36.5. The molecule has 1 aromatic rings. The Labute approximate surface area is 106 Å². The predicted octanol–water partition coefficient (Wildman–Crippen LogP) is 4.18. The number of halogens is 4. The van der Waals surface area contributed by atoms with E-state index in [1.165, 1.54) is 0 Å². The van der Waals surface area contributed by atoms with Crippen LogP contribution in [0, 0.1) is 0 Å². The number of benzene rings is 1. The Morgan fingerprint density at radius 3 is 2.18 bits per heavy atom. The van der Waals surface area contributed by atoms with Crippen LogP contribution >= 0.6 is 12.4 Å². The summed E-state index contributed by atoms with van der Waals surface area (Å²) in [6, 6.07) is 6.07. The van der Waals surface area contributed by atoms with Crippen molar-refractivity contribution in [2.45, 2.75) is 38.4 Å². The summed E-state index contributed by atoms with van der Waals surface area (Å²) in [6.45, 7) is 3.99. The molecule has 2 N–H and O–H groups in total. The molecule has 0 aliphatic rings. The van der Waals surface area contributed by atoms with Crippen LogP contribution in [0.4, 0.5) is 13.2 Å². The predicted molar refractivity (Wildman–Crippen MR) is 65.4 cm³/mol. The first-order valence-electron chi connectivity index (χ1n) is 5.22. The molecule has 1 atom stereocenters. The van der Waals surface area contributed by atoms with Gasteiger partial charge in [0.15, 0.2) is 0 Å². The third-order valence-electron chi connectivity index (χ3n) is 2.46. The van der Waals surface area contributed by atoms with Crippen LogP contribution in [0.1, 0.15) is 43.4 Å². The Morgan fingerprint density at radius 1 is 1.18 bits per heavy atom. The van der Waals surface area contributed by atoms with Crippen LogP contribution in [0.3, 0.4) is 0 Å². The van der Waals surface area contributed by atoms with Crippen LogP contribution in [-0.4, -0.2) is 6.18 Å². The largest absolute Gasteiger partial charge is 0.390 e. The normalized spacial score (nSPS) is 13.4. The molecule has 98 valence electrons. The maximum absolute atomic E-state index is 12.2. The first kappa shape index (κ1) is 16.3. The molecule has 1 aromatic carbocycles. The Kier molecular flexibility index (Phi) is 5.99. The quantitative estimate of drug-likeness (QED) is 0.873. The van der Waals surface area contributed by atoms with E-state index >= 15 is 0 Å². The zero-order chi connectivity index (χ0) is 12.3. The second kappa shape index (κ2) is 6.26. The molecule has 1 rings (SSSR count). The molecule has 0 saturated carbocycles. The highest BCUT2D eigenvalue weighted by Crippen LogP contribution is 2.29. The third-order valence-corrected chi connectivity index (χ3v) is 2.46. The SMILES string of the molecule is CC(C)c1cccc([C@@H](N)CC(F)(F)F)c1.Cl. The van der Waals surface area contributed by atoms with Gasteiger partial charge in [0.25, 0.3) is 0 Å². The van der Waals surface area contributed by atoms with Gasteiger partial charge in [-0.25, -0.2) is 0 Å². The van der Waals surface area contributed by atoms with E-state index in [0.29, 0.717) is 5.56 Å². The van der Waals surface area contributed by atoms with Crippen molar-refractivity contribution in [2.24, 2.45) is 5.73 Å². The lowest BCUT2D eigenvalue weighted by atomic mass is 9.97. The summed E-state index contributed by atoms with van der Waals surface area (Å²) in [5, 5.41) is 0. The van der Waals surface area contributed by atoms with E-state index in [1.807, 2.05) is 19.9 Å². The van der Waals surface area contributed by atoms with E-state index in [0.717, 1.165) is 5.56 Å². The molecular formula is C12H17ClF3N. The molecule has 0 unspecified atom stereocenters. The van der Waals surface area contributed by atoms with E-state index in [-0.39, 0.29) is 18.3 Å². The Balaban J connectivity index is 0.00000256. The minimum Gasteiger partial charge on any atom is -0.324 e.